The molecule has 0 radical (unpaired) electrons. The molecule has 0 spiro atoms. The Hall–Kier alpha value is -2.81. The summed E-state index contributed by atoms with van der Waals surface area (Å²) in [6.45, 7) is 4.47. The standard InChI is InChI=1S/C25H27N/c1-25(2,21-24-14-7-4-8-15-24)19-18-23(13-9-10-20-26)17-16-22-11-5-3-6-12-22/h3-8,11-12,14-17,19H,9-10,13,21H2,1-2H3/b17-16+. The lowest BCUT2D eigenvalue weighted by Crippen LogP contribution is -2.10. The quantitative estimate of drug-likeness (QED) is 0.296. The molecule has 0 fully saturated rings. The number of hydrogen-bond acceptors (Lipinski definition) is 1. The van der Waals surface area contributed by atoms with Crippen LogP contribution in [0.2, 0.25) is 0 Å². The second-order valence-corrected chi connectivity index (χ2v) is 7.22. The van der Waals surface area contributed by atoms with Gasteiger partial charge in [-0.1, -0.05) is 86.7 Å². The van der Waals surface area contributed by atoms with E-state index < -0.39 is 0 Å². The summed E-state index contributed by atoms with van der Waals surface area (Å²) in [6.07, 6.45) is 9.72. The molecule has 0 aliphatic heterocycles. The molecule has 26 heavy (non-hydrogen) atoms. The van der Waals surface area contributed by atoms with Crippen LogP contribution >= 0.6 is 0 Å². The van der Waals surface area contributed by atoms with Crippen molar-refractivity contribution in [2.24, 2.45) is 5.41 Å². The van der Waals surface area contributed by atoms with E-state index in [0.717, 1.165) is 24.8 Å². The fourth-order valence-corrected chi connectivity index (χ4v) is 2.78. The number of nitrogens with zero attached hydrogens (tertiary/aromatic N) is 1. The summed E-state index contributed by atoms with van der Waals surface area (Å²) in [5, 5.41) is 8.80. The Bertz CT molecular complexity index is 798. The van der Waals surface area contributed by atoms with Gasteiger partial charge in [-0.25, -0.2) is 0 Å². The Kier molecular flexibility index (Phi) is 7.69. The van der Waals surface area contributed by atoms with Gasteiger partial charge in [0.2, 0.25) is 0 Å². The first-order chi connectivity index (χ1) is 12.6. The van der Waals surface area contributed by atoms with Crippen LogP contribution < -0.4 is 0 Å². The van der Waals surface area contributed by atoms with Gasteiger partial charge in [0.1, 0.15) is 0 Å². The fraction of sp³-hybridized carbons (Fsp3) is 0.280. The fourth-order valence-electron chi connectivity index (χ4n) is 2.78. The second kappa shape index (κ2) is 10.2. The lowest BCUT2D eigenvalue weighted by atomic mass is 9.85. The number of rotatable bonds is 8. The third-order valence-electron chi connectivity index (χ3n) is 4.16. The average molecular weight is 341 g/mol. The summed E-state index contributed by atoms with van der Waals surface area (Å²) >= 11 is 0. The summed E-state index contributed by atoms with van der Waals surface area (Å²) in [4.78, 5) is 0. The zero-order chi connectivity index (χ0) is 18.7. The molecule has 0 saturated heterocycles. The number of allylic oxidation sites excluding steroid dienone is 2. The molecule has 0 unspecified atom stereocenters. The van der Waals surface area contributed by atoms with E-state index in [4.69, 9.17) is 5.26 Å². The number of unbranched alkanes of at least 4 members (excludes halogenated alkanes) is 1. The third-order valence-corrected chi connectivity index (χ3v) is 4.16. The minimum Gasteiger partial charge on any atom is -0.198 e. The van der Waals surface area contributed by atoms with Crippen molar-refractivity contribution in [3.05, 3.63) is 95.2 Å². The zero-order valence-electron chi connectivity index (χ0n) is 15.8. The van der Waals surface area contributed by atoms with E-state index in [1.807, 2.05) is 24.3 Å². The Morgan fingerprint density at radius 1 is 1.00 bits per heavy atom. The van der Waals surface area contributed by atoms with E-state index in [1.165, 1.54) is 11.1 Å². The predicted octanol–water partition coefficient (Wildman–Crippen LogP) is 6.74. The zero-order valence-corrected chi connectivity index (χ0v) is 15.8. The molecular formula is C25H27N. The largest absolute Gasteiger partial charge is 0.198 e. The van der Waals surface area contributed by atoms with Crippen LogP contribution in [0.3, 0.4) is 0 Å². The topological polar surface area (TPSA) is 23.8 Å². The molecule has 2 rings (SSSR count). The molecular weight excluding hydrogens is 314 g/mol. The molecule has 0 bridgehead atoms. The van der Waals surface area contributed by atoms with Crippen LogP contribution in [0.15, 0.2) is 84.1 Å². The Morgan fingerprint density at radius 3 is 2.31 bits per heavy atom. The van der Waals surface area contributed by atoms with Crippen molar-refractivity contribution < 1.29 is 0 Å². The van der Waals surface area contributed by atoms with E-state index >= 15 is 0 Å². The molecule has 0 aliphatic carbocycles. The maximum absolute atomic E-state index is 8.80. The van der Waals surface area contributed by atoms with Gasteiger partial charge in [-0.3, -0.25) is 0 Å². The lowest BCUT2D eigenvalue weighted by molar-refractivity contribution is 0.478. The van der Waals surface area contributed by atoms with Crippen molar-refractivity contribution in [2.75, 3.05) is 0 Å². The van der Waals surface area contributed by atoms with Gasteiger partial charge in [-0.2, -0.15) is 5.26 Å². The van der Waals surface area contributed by atoms with Crippen molar-refractivity contribution in [2.45, 2.75) is 39.5 Å². The molecule has 0 N–H and O–H groups in total. The molecule has 0 heterocycles. The van der Waals surface area contributed by atoms with Crippen molar-refractivity contribution in [1.82, 2.24) is 0 Å². The Labute approximate surface area is 158 Å². The molecule has 2 aromatic carbocycles. The summed E-state index contributed by atoms with van der Waals surface area (Å²) in [5.41, 5.74) is 7.19. The van der Waals surface area contributed by atoms with Crippen molar-refractivity contribution in [1.29, 1.82) is 5.26 Å². The van der Waals surface area contributed by atoms with Crippen LogP contribution in [0.25, 0.3) is 6.08 Å². The number of nitriles is 1. The molecule has 0 aromatic heterocycles. The lowest BCUT2D eigenvalue weighted by Gasteiger charge is -2.19. The summed E-state index contributed by atoms with van der Waals surface area (Å²) in [7, 11) is 0. The van der Waals surface area contributed by atoms with Gasteiger partial charge < -0.3 is 0 Å². The highest BCUT2D eigenvalue weighted by atomic mass is 14.2. The number of benzene rings is 2. The van der Waals surface area contributed by atoms with Crippen molar-refractivity contribution >= 4 is 6.08 Å². The second-order valence-electron chi connectivity index (χ2n) is 7.22. The highest BCUT2D eigenvalue weighted by Crippen LogP contribution is 2.23. The monoisotopic (exact) mass is 341 g/mol. The van der Waals surface area contributed by atoms with Gasteiger partial charge in [0.15, 0.2) is 0 Å². The normalized spacial score (nSPS) is 11.0. The van der Waals surface area contributed by atoms with Gasteiger partial charge in [0.25, 0.3) is 0 Å². The van der Waals surface area contributed by atoms with Crippen molar-refractivity contribution in [3.63, 3.8) is 0 Å². The molecule has 2 aromatic rings. The van der Waals surface area contributed by atoms with E-state index in [-0.39, 0.29) is 5.41 Å². The molecule has 0 saturated carbocycles. The van der Waals surface area contributed by atoms with Crippen LogP contribution in [-0.4, -0.2) is 0 Å². The molecule has 1 heteroatoms. The molecule has 132 valence electrons. The highest BCUT2D eigenvalue weighted by Gasteiger charge is 2.14. The first-order valence-electron chi connectivity index (χ1n) is 9.20. The summed E-state index contributed by atoms with van der Waals surface area (Å²) in [6, 6.07) is 23.1. The van der Waals surface area contributed by atoms with Gasteiger partial charge in [0, 0.05) is 6.42 Å². The van der Waals surface area contributed by atoms with Gasteiger partial charge >= 0.3 is 0 Å². The van der Waals surface area contributed by atoms with Crippen LogP contribution in [0.4, 0.5) is 0 Å². The Balaban J connectivity index is 2.17. The molecule has 0 atom stereocenters. The Morgan fingerprint density at radius 2 is 1.65 bits per heavy atom. The minimum absolute atomic E-state index is 0.0302. The first-order valence-corrected chi connectivity index (χ1v) is 9.20. The van der Waals surface area contributed by atoms with Gasteiger partial charge in [-0.05, 0) is 47.5 Å². The maximum atomic E-state index is 8.80. The van der Waals surface area contributed by atoms with E-state index in [0.29, 0.717) is 6.42 Å². The SMILES string of the molecule is CC(C)(C=C=C(/C=C/c1ccccc1)CCCC#N)Cc1ccccc1. The third kappa shape index (κ3) is 7.39. The van der Waals surface area contributed by atoms with Crippen LogP contribution in [-0.2, 0) is 6.42 Å². The summed E-state index contributed by atoms with van der Waals surface area (Å²) in [5.74, 6) is 0. The van der Waals surface area contributed by atoms with E-state index in [2.05, 4.69) is 80.3 Å². The smallest absolute Gasteiger partial charge is 0.0621 e. The minimum atomic E-state index is 0.0302. The van der Waals surface area contributed by atoms with Gasteiger partial charge in [-0.15, -0.1) is 5.73 Å². The first kappa shape index (κ1) is 19.5. The summed E-state index contributed by atoms with van der Waals surface area (Å²) < 4.78 is 0. The number of hydrogen-bond donors (Lipinski definition) is 0. The van der Waals surface area contributed by atoms with E-state index in [1.54, 1.807) is 0 Å². The average Bonchev–Trinajstić information content (AvgIpc) is 2.65. The molecule has 1 nitrogen and oxygen atoms in total. The molecule has 0 aliphatic rings. The van der Waals surface area contributed by atoms with E-state index in [9.17, 15) is 0 Å². The highest BCUT2D eigenvalue weighted by molar-refractivity contribution is 5.52. The van der Waals surface area contributed by atoms with Gasteiger partial charge in [0.05, 0.1) is 6.07 Å². The molecule has 0 amide bonds. The maximum Gasteiger partial charge on any atom is 0.0621 e. The van der Waals surface area contributed by atoms with Crippen LogP contribution in [0.5, 0.6) is 0 Å². The van der Waals surface area contributed by atoms with Crippen molar-refractivity contribution in [3.8, 4) is 6.07 Å². The van der Waals surface area contributed by atoms with Crippen LogP contribution in [0.1, 0.15) is 44.2 Å². The predicted molar refractivity (Wildman–Crippen MR) is 110 cm³/mol. The van der Waals surface area contributed by atoms with Crippen LogP contribution in [0, 0.1) is 16.7 Å².